The Morgan fingerprint density at radius 2 is 1.92 bits per heavy atom. The zero-order valence-electron chi connectivity index (χ0n) is 20.2. The molecule has 200 valence electrons. The molecule has 0 spiro atoms. The number of nitriles is 1. The Morgan fingerprint density at radius 3 is 2.58 bits per heavy atom. The molecule has 10 nitrogen and oxygen atoms in total. The van der Waals surface area contributed by atoms with Crippen LogP contribution >= 0.6 is 19.6 Å². The van der Waals surface area contributed by atoms with Crippen molar-refractivity contribution < 1.29 is 36.0 Å². The van der Waals surface area contributed by atoms with E-state index >= 15 is 0 Å². The van der Waals surface area contributed by atoms with Gasteiger partial charge in [-0.05, 0) is 46.3 Å². The lowest BCUT2D eigenvalue weighted by Gasteiger charge is -2.50. The number of nitrogens with zero attached hydrogens (tertiary/aromatic N) is 3. The number of ether oxygens (including phenoxy) is 1. The largest absolute Gasteiger partial charge is 0.566 e. The lowest BCUT2D eigenvalue weighted by Crippen LogP contribution is -2.68. The molecule has 1 aromatic heterocycles. The molecule has 6 rings (SSSR count). The second-order valence-corrected chi connectivity index (χ2v) is 13.1. The van der Waals surface area contributed by atoms with Gasteiger partial charge < -0.3 is 14.1 Å². The van der Waals surface area contributed by atoms with E-state index in [4.69, 9.17) is 14.5 Å². The molecular formula is C24H25FN4O6PS2+. The van der Waals surface area contributed by atoms with Crippen molar-refractivity contribution in [2.75, 3.05) is 52.4 Å². The summed E-state index contributed by atoms with van der Waals surface area (Å²) in [6.07, 6.45) is -1.71. The van der Waals surface area contributed by atoms with E-state index in [1.807, 2.05) is 0 Å². The average molecular weight is 580 g/mol. The predicted octanol–water partition coefficient (Wildman–Crippen LogP) is 2.45. The first-order valence-electron chi connectivity index (χ1n) is 11.9. The molecule has 14 heteroatoms. The van der Waals surface area contributed by atoms with Crippen molar-refractivity contribution in [2.24, 2.45) is 0 Å². The molecule has 2 atom stereocenters. The summed E-state index contributed by atoms with van der Waals surface area (Å²) >= 11 is 0.996. The minimum Gasteiger partial charge on any atom is -0.566 e. The van der Waals surface area contributed by atoms with Gasteiger partial charge in [0.2, 0.25) is 6.23 Å². The molecule has 2 aromatic carbocycles. The molecular weight excluding hydrogens is 554 g/mol. The molecule has 3 aliphatic rings. The fourth-order valence-electron chi connectivity index (χ4n) is 4.86. The molecule has 3 aliphatic heterocycles. The zero-order valence-corrected chi connectivity index (χ0v) is 22.7. The highest BCUT2D eigenvalue weighted by atomic mass is 32.2. The van der Waals surface area contributed by atoms with Gasteiger partial charge in [-0.3, -0.25) is 4.90 Å². The van der Waals surface area contributed by atoms with Crippen molar-refractivity contribution in [1.29, 1.82) is 5.26 Å². The van der Waals surface area contributed by atoms with E-state index in [0.29, 0.717) is 22.4 Å². The number of hydrogen-bond acceptors (Lipinski definition) is 9. The summed E-state index contributed by atoms with van der Waals surface area (Å²) in [4.78, 5) is 13.7. The lowest BCUT2D eigenvalue weighted by atomic mass is 10.1. The Balaban J connectivity index is 1.30. The monoisotopic (exact) mass is 579 g/mol. The summed E-state index contributed by atoms with van der Waals surface area (Å²) < 4.78 is 66.2. The maximum Gasteiger partial charge on any atom is 0.490 e. The van der Waals surface area contributed by atoms with Crippen molar-refractivity contribution in [3.05, 3.63) is 59.4 Å². The Kier molecular flexibility index (Phi) is 7.77. The number of hydrogen-bond donors (Lipinski definition) is 1. The maximum atomic E-state index is 14.1. The molecule has 0 aliphatic carbocycles. The van der Waals surface area contributed by atoms with E-state index in [-0.39, 0.29) is 15.3 Å². The number of rotatable bonds is 10. The van der Waals surface area contributed by atoms with Gasteiger partial charge in [0.1, 0.15) is 35.0 Å². The molecule has 3 aromatic rings. The van der Waals surface area contributed by atoms with E-state index < -0.39 is 30.3 Å². The van der Waals surface area contributed by atoms with Crippen LogP contribution in [0.1, 0.15) is 17.4 Å². The Labute approximate surface area is 224 Å². The molecule has 0 radical (unpaired) electrons. The fraction of sp³-hybridized carbons (Fsp3) is 0.375. The average Bonchev–Trinajstić information content (AvgIpc) is 3.34. The zero-order chi connectivity index (χ0) is 26.9. The van der Waals surface area contributed by atoms with Crippen LogP contribution in [0.25, 0.3) is 10.1 Å². The topological polar surface area (TPSA) is 132 Å². The normalized spacial score (nSPS) is 22.2. The van der Waals surface area contributed by atoms with Gasteiger partial charge >= 0.3 is 8.25 Å². The quantitative estimate of drug-likeness (QED) is 0.220. The van der Waals surface area contributed by atoms with Gasteiger partial charge in [-0.1, -0.05) is 6.07 Å². The third-order valence-corrected chi connectivity index (χ3v) is 10.5. The highest BCUT2D eigenvalue weighted by molar-refractivity contribution is 7.91. The van der Waals surface area contributed by atoms with Crippen molar-refractivity contribution in [3.63, 3.8) is 0 Å². The Bertz CT molecular complexity index is 1500. The molecule has 3 fully saturated rings. The SMILES string of the molecule is N#Cc1ccc(C(NS(=O)(=O)c2cc3cc(OCC[N+]45CCN(CC4)CC5)ccc3s2)O[P+](=O)[O-])cc1F. The number of thiophene rings is 1. The predicted molar refractivity (Wildman–Crippen MR) is 136 cm³/mol. The number of nitrogens with one attached hydrogen (secondary N) is 1. The highest BCUT2D eigenvalue weighted by Crippen LogP contribution is 2.34. The van der Waals surface area contributed by atoms with Crippen LogP contribution < -0.4 is 14.4 Å². The minimum absolute atomic E-state index is 0.0713. The standard InChI is InChI=1S/C24H25FN4O6PS2/c25-21-14-17(1-2-18(21)16-26)24(35-36(30)31)27-38(32,33)23-15-19-13-20(3-4-22(19)37-23)34-12-11-29-8-5-28(6-9-29)7-10-29/h1-4,13-15,24,27H,5-12H2/q+1. The summed E-state index contributed by atoms with van der Waals surface area (Å²) in [6, 6.07) is 11.7. The summed E-state index contributed by atoms with van der Waals surface area (Å²) in [5.41, 5.74) is -0.380. The van der Waals surface area contributed by atoms with Crippen LogP contribution in [-0.2, 0) is 19.1 Å². The maximum absolute atomic E-state index is 14.1. The van der Waals surface area contributed by atoms with E-state index in [1.165, 1.54) is 12.1 Å². The van der Waals surface area contributed by atoms with Gasteiger partial charge in [0, 0.05) is 29.9 Å². The van der Waals surface area contributed by atoms with Crippen LogP contribution in [-0.4, -0.2) is 70.2 Å². The van der Waals surface area contributed by atoms with Gasteiger partial charge in [-0.2, -0.15) is 9.98 Å². The molecule has 4 heterocycles. The summed E-state index contributed by atoms with van der Waals surface area (Å²) in [7, 11) is -7.73. The summed E-state index contributed by atoms with van der Waals surface area (Å²) in [5, 5.41) is 9.57. The van der Waals surface area contributed by atoms with E-state index in [9.17, 15) is 22.3 Å². The van der Waals surface area contributed by atoms with Gasteiger partial charge in [0.05, 0.1) is 25.2 Å². The second-order valence-electron chi connectivity index (χ2n) is 9.37. The van der Waals surface area contributed by atoms with E-state index in [2.05, 4.69) is 9.62 Å². The first kappa shape index (κ1) is 27.1. The van der Waals surface area contributed by atoms with Crippen LogP contribution in [0.3, 0.4) is 0 Å². The fourth-order valence-corrected chi connectivity index (χ4v) is 7.77. The van der Waals surface area contributed by atoms with Crippen molar-refractivity contribution in [1.82, 2.24) is 9.62 Å². The molecule has 2 bridgehead atoms. The summed E-state index contributed by atoms with van der Waals surface area (Å²) in [5.74, 6) is -0.292. The number of sulfonamides is 1. The van der Waals surface area contributed by atoms with Gasteiger partial charge in [-0.15, -0.1) is 15.9 Å². The van der Waals surface area contributed by atoms with Crippen LogP contribution in [0.15, 0.2) is 46.7 Å². The number of piperazine rings is 3. The van der Waals surface area contributed by atoms with Crippen molar-refractivity contribution in [3.8, 4) is 11.8 Å². The van der Waals surface area contributed by atoms with Crippen LogP contribution in [0.4, 0.5) is 4.39 Å². The molecule has 0 amide bonds. The first-order valence-corrected chi connectivity index (χ1v) is 15.3. The number of halogens is 1. The Hall–Kier alpha value is -2.53. The van der Waals surface area contributed by atoms with Crippen molar-refractivity contribution >= 4 is 39.7 Å². The molecule has 1 N–H and O–H groups in total. The molecule has 38 heavy (non-hydrogen) atoms. The smallest absolute Gasteiger partial charge is 0.490 e. The second kappa shape index (κ2) is 10.9. The highest BCUT2D eigenvalue weighted by Gasteiger charge is 2.38. The van der Waals surface area contributed by atoms with E-state index in [0.717, 1.165) is 73.8 Å². The van der Waals surface area contributed by atoms with Gasteiger partial charge in [0.25, 0.3) is 10.0 Å². The van der Waals surface area contributed by atoms with Gasteiger partial charge in [-0.25, -0.2) is 12.8 Å². The first-order chi connectivity index (χ1) is 18.2. The van der Waals surface area contributed by atoms with Crippen LogP contribution in [0, 0.1) is 17.1 Å². The van der Waals surface area contributed by atoms with Crippen LogP contribution in [0.5, 0.6) is 5.75 Å². The molecule has 0 saturated carbocycles. The van der Waals surface area contributed by atoms with Crippen LogP contribution in [0.2, 0.25) is 0 Å². The molecule has 2 unspecified atom stereocenters. The summed E-state index contributed by atoms with van der Waals surface area (Å²) in [6.45, 7) is 8.30. The van der Waals surface area contributed by atoms with Crippen molar-refractivity contribution in [2.45, 2.75) is 10.4 Å². The number of benzene rings is 2. The van der Waals surface area contributed by atoms with Gasteiger partial charge in [0.15, 0.2) is 0 Å². The number of quaternary nitrogens is 1. The molecule has 3 saturated heterocycles. The number of fused-ring (bicyclic) bond motifs is 4. The third-order valence-electron chi connectivity index (χ3n) is 7.11. The van der Waals surface area contributed by atoms with E-state index in [1.54, 1.807) is 24.3 Å². The Morgan fingerprint density at radius 1 is 1.18 bits per heavy atom. The third kappa shape index (κ3) is 5.88. The lowest BCUT2D eigenvalue weighted by molar-refractivity contribution is -0.940. The minimum atomic E-state index is -4.25.